The van der Waals surface area contributed by atoms with E-state index in [1.165, 1.54) is 12.8 Å². The van der Waals surface area contributed by atoms with Crippen molar-refractivity contribution in [2.45, 2.75) is 46.5 Å². The maximum absolute atomic E-state index is 12.0. The third kappa shape index (κ3) is 4.73. The van der Waals surface area contributed by atoms with Crippen molar-refractivity contribution in [3.63, 3.8) is 0 Å². The second-order valence-corrected chi connectivity index (χ2v) is 6.07. The minimum atomic E-state index is -0.920. The quantitative estimate of drug-likeness (QED) is 0.805. The molecule has 19 heavy (non-hydrogen) atoms. The number of rotatable bonds is 5. The lowest BCUT2D eigenvalue weighted by molar-refractivity contribution is -0.146. The maximum atomic E-state index is 12.0. The number of nitrogens with one attached hydrogen (secondary N) is 1. The first-order valence-corrected chi connectivity index (χ1v) is 7.13. The summed E-state index contributed by atoms with van der Waals surface area (Å²) < 4.78 is 0. The summed E-state index contributed by atoms with van der Waals surface area (Å²) >= 11 is 0. The van der Waals surface area contributed by atoms with Crippen LogP contribution in [0.4, 0.5) is 4.79 Å². The number of amides is 2. The number of hydrogen-bond donors (Lipinski definition) is 2. The summed E-state index contributed by atoms with van der Waals surface area (Å²) in [7, 11) is 0. The fourth-order valence-corrected chi connectivity index (χ4v) is 2.32. The standard InChI is InChI=1S/C14H26N2O3/c1-4-5-11-6-8-16(9-7-11)13(19)15-10-14(2,3)12(17)18/h11H,4-10H2,1-3H3,(H,15,19)(H,17,18). The molecule has 0 saturated carbocycles. The van der Waals surface area contributed by atoms with Crippen LogP contribution in [0.2, 0.25) is 0 Å². The Morgan fingerprint density at radius 3 is 2.37 bits per heavy atom. The predicted molar refractivity (Wildman–Crippen MR) is 74.0 cm³/mol. The molecule has 1 aliphatic heterocycles. The molecular weight excluding hydrogens is 244 g/mol. The molecule has 5 heteroatoms. The average molecular weight is 270 g/mol. The van der Waals surface area contributed by atoms with Crippen molar-refractivity contribution in [2.24, 2.45) is 11.3 Å². The van der Waals surface area contributed by atoms with Gasteiger partial charge in [0.05, 0.1) is 5.41 Å². The van der Waals surface area contributed by atoms with Gasteiger partial charge in [-0.15, -0.1) is 0 Å². The lowest BCUT2D eigenvalue weighted by Gasteiger charge is -2.32. The zero-order valence-corrected chi connectivity index (χ0v) is 12.2. The van der Waals surface area contributed by atoms with Gasteiger partial charge < -0.3 is 15.3 Å². The zero-order chi connectivity index (χ0) is 14.5. The Balaban J connectivity index is 2.34. The van der Waals surface area contributed by atoms with Crippen molar-refractivity contribution in [3.05, 3.63) is 0 Å². The van der Waals surface area contributed by atoms with Gasteiger partial charge in [0.2, 0.25) is 0 Å². The number of urea groups is 1. The van der Waals surface area contributed by atoms with Gasteiger partial charge in [-0.3, -0.25) is 4.79 Å². The molecule has 0 aliphatic carbocycles. The molecule has 1 heterocycles. The van der Waals surface area contributed by atoms with Gasteiger partial charge in [0.15, 0.2) is 0 Å². The summed E-state index contributed by atoms with van der Waals surface area (Å²) in [6, 6.07) is -0.135. The molecule has 0 bridgehead atoms. The van der Waals surface area contributed by atoms with E-state index < -0.39 is 11.4 Å². The fourth-order valence-electron chi connectivity index (χ4n) is 2.32. The van der Waals surface area contributed by atoms with Crippen LogP contribution in [0.25, 0.3) is 0 Å². The highest BCUT2D eigenvalue weighted by atomic mass is 16.4. The third-order valence-electron chi connectivity index (χ3n) is 3.86. The van der Waals surface area contributed by atoms with Gasteiger partial charge in [0.25, 0.3) is 0 Å². The number of piperidine rings is 1. The monoisotopic (exact) mass is 270 g/mol. The minimum absolute atomic E-state index is 0.135. The smallest absolute Gasteiger partial charge is 0.317 e. The van der Waals surface area contributed by atoms with Crippen molar-refractivity contribution in [1.82, 2.24) is 10.2 Å². The molecule has 0 radical (unpaired) electrons. The van der Waals surface area contributed by atoms with Crippen LogP contribution in [-0.4, -0.2) is 41.6 Å². The summed E-state index contributed by atoms with van der Waals surface area (Å²) in [4.78, 5) is 24.7. The molecule has 1 saturated heterocycles. The number of carbonyl (C=O) groups excluding carboxylic acids is 1. The molecule has 2 N–H and O–H groups in total. The zero-order valence-electron chi connectivity index (χ0n) is 12.2. The van der Waals surface area contributed by atoms with Crippen molar-refractivity contribution in [2.75, 3.05) is 19.6 Å². The van der Waals surface area contributed by atoms with Crippen LogP contribution in [0.5, 0.6) is 0 Å². The molecule has 1 rings (SSSR count). The summed E-state index contributed by atoms with van der Waals surface area (Å²) in [5.41, 5.74) is -0.920. The van der Waals surface area contributed by atoms with Crippen LogP contribution < -0.4 is 5.32 Å². The van der Waals surface area contributed by atoms with Crippen LogP contribution >= 0.6 is 0 Å². The summed E-state index contributed by atoms with van der Waals surface area (Å²) in [5.74, 6) is -0.154. The van der Waals surface area contributed by atoms with E-state index in [9.17, 15) is 9.59 Å². The number of nitrogens with zero attached hydrogens (tertiary/aromatic N) is 1. The van der Waals surface area contributed by atoms with Gasteiger partial charge in [0, 0.05) is 19.6 Å². The SMILES string of the molecule is CCCC1CCN(C(=O)NCC(C)(C)C(=O)O)CC1. The summed E-state index contributed by atoms with van der Waals surface area (Å²) in [6.45, 7) is 7.14. The van der Waals surface area contributed by atoms with E-state index in [0.717, 1.165) is 31.8 Å². The molecule has 1 fully saturated rings. The van der Waals surface area contributed by atoms with Crippen molar-refractivity contribution in [1.29, 1.82) is 0 Å². The van der Waals surface area contributed by atoms with Crippen LogP contribution in [0.3, 0.4) is 0 Å². The first-order chi connectivity index (χ1) is 8.86. The van der Waals surface area contributed by atoms with Gasteiger partial charge in [-0.1, -0.05) is 19.8 Å². The largest absolute Gasteiger partial charge is 0.481 e. The van der Waals surface area contributed by atoms with Crippen LogP contribution in [0.1, 0.15) is 46.5 Å². The molecule has 5 nitrogen and oxygen atoms in total. The lowest BCUT2D eigenvalue weighted by atomic mass is 9.92. The van der Waals surface area contributed by atoms with Crippen molar-refractivity contribution < 1.29 is 14.7 Å². The maximum Gasteiger partial charge on any atom is 0.317 e. The second-order valence-electron chi connectivity index (χ2n) is 6.07. The minimum Gasteiger partial charge on any atom is -0.481 e. The van der Waals surface area contributed by atoms with Gasteiger partial charge in [0.1, 0.15) is 0 Å². The number of hydrogen-bond acceptors (Lipinski definition) is 2. The second kappa shape index (κ2) is 6.78. The number of carboxylic acid groups (broad SMARTS) is 1. The van der Waals surface area contributed by atoms with E-state index in [1.807, 2.05) is 0 Å². The van der Waals surface area contributed by atoms with E-state index in [2.05, 4.69) is 12.2 Å². The Kier molecular flexibility index (Phi) is 5.63. The van der Waals surface area contributed by atoms with E-state index in [0.29, 0.717) is 0 Å². The number of carbonyl (C=O) groups is 2. The fraction of sp³-hybridized carbons (Fsp3) is 0.857. The highest BCUT2D eigenvalue weighted by Crippen LogP contribution is 2.21. The molecule has 0 aromatic carbocycles. The Morgan fingerprint density at radius 1 is 1.32 bits per heavy atom. The average Bonchev–Trinajstić information content (AvgIpc) is 2.37. The topological polar surface area (TPSA) is 69.6 Å². The Labute approximate surface area is 115 Å². The highest BCUT2D eigenvalue weighted by Gasteiger charge is 2.29. The third-order valence-corrected chi connectivity index (χ3v) is 3.86. The Hall–Kier alpha value is -1.26. The highest BCUT2D eigenvalue weighted by molar-refractivity contribution is 5.77. The van der Waals surface area contributed by atoms with Gasteiger partial charge in [-0.25, -0.2) is 4.79 Å². The van der Waals surface area contributed by atoms with Gasteiger partial charge >= 0.3 is 12.0 Å². The number of carboxylic acids is 1. The first-order valence-electron chi connectivity index (χ1n) is 7.13. The van der Waals surface area contributed by atoms with E-state index in [-0.39, 0.29) is 12.6 Å². The van der Waals surface area contributed by atoms with Crippen LogP contribution in [0.15, 0.2) is 0 Å². The Morgan fingerprint density at radius 2 is 1.89 bits per heavy atom. The Bertz CT molecular complexity index is 321. The predicted octanol–water partition coefficient (Wildman–Crippen LogP) is 2.32. The summed E-state index contributed by atoms with van der Waals surface area (Å²) in [6.07, 6.45) is 4.55. The first kappa shape index (κ1) is 15.8. The van der Waals surface area contributed by atoms with Gasteiger partial charge in [-0.2, -0.15) is 0 Å². The number of aliphatic carboxylic acids is 1. The number of likely N-dealkylation sites (tertiary alicyclic amines) is 1. The van der Waals surface area contributed by atoms with E-state index in [1.54, 1.807) is 18.7 Å². The lowest BCUT2D eigenvalue weighted by Crippen LogP contribution is -2.48. The van der Waals surface area contributed by atoms with Crippen LogP contribution in [0, 0.1) is 11.3 Å². The van der Waals surface area contributed by atoms with Crippen molar-refractivity contribution >= 4 is 12.0 Å². The molecule has 2 amide bonds. The molecule has 0 atom stereocenters. The van der Waals surface area contributed by atoms with E-state index in [4.69, 9.17) is 5.11 Å². The molecular formula is C14H26N2O3. The normalized spacial score (nSPS) is 17.3. The van der Waals surface area contributed by atoms with E-state index >= 15 is 0 Å². The summed E-state index contributed by atoms with van der Waals surface area (Å²) in [5, 5.41) is 11.7. The molecule has 0 spiro atoms. The molecule has 1 aliphatic rings. The molecule has 0 aromatic heterocycles. The molecule has 110 valence electrons. The molecule has 0 aromatic rings. The van der Waals surface area contributed by atoms with Crippen LogP contribution in [-0.2, 0) is 4.79 Å². The molecule has 0 unspecified atom stereocenters. The van der Waals surface area contributed by atoms with Gasteiger partial charge in [-0.05, 0) is 32.6 Å². The van der Waals surface area contributed by atoms with Crippen molar-refractivity contribution in [3.8, 4) is 0 Å².